The van der Waals surface area contributed by atoms with Gasteiger partial charge in [0, 0.05) is 28.6 Å². The number of ether oxygens (including phenoxy) is 1. The van der Waals surface area contributed by atoms with Gasteiger partial charge in [-0.05, 0) is 36.4 Å². The van der Waals surface area contributed by atoms with E-state index in [2.05, 4.69) is 30.7 Å². The fraction of sp³-hybridized carbons (Fsp3) is 0.100. The molecule has 8 nitrogen and oxygen atoms in total. The van der Waals surface area contributed by atoms with Gasteiger partial charge in [-0.25, -0.2) is 4.98 Å². The molecule has 8 heteroatoms. The maximum Gasteiger partial charge on any atom is 0.265 e. The minimum atomic E-state index is -0.473. The maximum absolute atomic E-state index is 12.3. The van der Waals surface area contributed by atoms with Gasteiger partial charge in [0.15, 0.2) is 11.9 Å². The molecule has 3 N–H and O–H groups in total. The maximum atomic E-state index is 12.3. The van der Waals surface area contributed by atoms with Gasteiger partial charge >= 0.3 is 0 Å². The van der Waals surface area contributed by atoms with E-state index in [9.17, 15) is 4.79 Å². The third kappa shape index (κ3) is 2.90. The zero-order chi connectivity index (χ0) is 18.9. The lowest BCUT2D eigenvalue weighted by atomic mass is 10.0. The Morgan fingerprint density at radius 3 is 2.93 bits per heavy atom. The first-order chi connectivity index (χ1) is 13.8. The number of nitrogens with one attached hydrogen (secondary N) is 3. The predicted octanol–water partition coefficient (Wildman–Crippen LogP) is 3.26. The molecule has 138 valence electrons. The van der Waals surface area contributed by atoms with Gasteiger partial charge in [-0.15, -0.1) is 0 Å². The number of fused-ring (bicyclic) bond motifs is 1. The van der Waals surface area contributed by atoms with Crippen LogP contribution in [0.3, 0.4) is 0 Å². The van der Waals surface area contributed by atoms with Crippen LogP contribution in [0.15, 0.2) is 61.1 Å². The first-order valence-corrected chi connectivity index (χ1v) is 8.83. The number of aromatic amines is 2. The topological polar surface area (TPSA) is 109 Å². The van der Waals surface area contributed by atoms with Crippen LogP contribution in [0.5, 0.6) is 0 Å². The van der Waals surface area contributed by atoms with E-state index in [0.717, 1.165) is 27.7 Å². The summed E-state index contributed by atoms with van der Waals surface area (Å²) in [6.07, 6.45) is 4.98. The minimum Gasteiger partial charge on any atom is -0.488 e. The lowest BCUT2D eigenvalue weighted by Gasteiger charge is -2.11. The van der Waals surface area contributed by atoms with Crippen LogP contribution in [-0.4, -0.2) is 37.4 Å². The zero-order valence-electron chi connectivity index (χ0n) is 14.7. The molecule has 0 spiro atoms. The fourth-order valence-electron chi connectivity index (χ4n) is 3.25. The average Bonchev–Trinajstić information content (AvgIpc) is 3.49. The van der Waals surface area contributed by atoms with Crippen LogP contribution in [0.4, 0.5) is 5.69 Å². The normalized spacial score (nSPS) is 15.6. The summed E-state index contributed by atoms with van der Waals surface area (Å²) >= 11 is 0. The molecule has 1 atom stereocenters. The third-order valence-electron chi connectivity index (χ3n) is 4.64. The van der Waals surface area contributed by atoms with E-state index in [1.165, 1.54) is 6.33 Å². The van der Waals surface area contributed by atoms with E-state index in [-0.39, 0.29) is 5.91 Å². The number of amides is 1. The standard InChI is InChI=1S/C20H16N6O2/c27-20(17-5-2-8-28-17)23-14-4-1-3-12(9-14)18-15-10-13(19-21-11-22-26-19)6-7-16(15)24-25-18/h1-4,6-11,17H,5H2,(H,23,27)(H,24,25)(H,21,22,26). The summed E-state index contributed by atoms with van der Waals surface area (Å²) < 4.78 is 5.27. The number of H-pyrrole nitrogens is 2. The van der Waals surface area contributed by atoms with Crippen LogP contribution >= 0.6 is 0 Å². The molecule has 1 aliphatic heterocycles. The molecule has 0 fully saturated rings. The highest BCUT2D eigenvalue weighted by molar-refractivity contribution is 5.98. The number of hydrogen-bond acceptors (Lipinski definition) is 5. The molecule has 2 aromatic carbocycles. The number of rotatable bonds is 4. The molecule has 0 saturated carbocycles. The summed E-state index contributed by atoms with van der Waals surface area (Å²) in [5, 5.41) is 18.2. The fourth-order valence-corrected chi connectivity index (χ4v) is 3.25. The zero-order valence-corrected chi connectivity index (χ0v) is 14.7. The van der Waals surface area contributed by atoms with Crippen LogP contribution in [0.1, 0.15) is 6.42 Å². The molecular weight excluding hydrogens is 356 g/mol. The Morgan fingerprint density at radius 1 is 1.14 bits per heavy atom. The molecule has 0 bridgehead atoms. The van der Waals surface area contributed by atoms with E-state index >= 15 is 0 Å². The molecule has 28 heavy (non-hydrogen) atoms. The third-order valence-corrected chi connectivity index (χ3v) is 4.64. The second-order valence-corrected chi connectivity index (χ2v) is 6.47. The van der Waals surface area contributed by atoms with Crippen molar-refractivity contribution in [3.8, 4) is 22.6 Å². The summed E-state index contributed by atoms with van der Waals surface area (Å²) in [6, 6.07) is 13.5. The van der Waals surface area contributed by atoms with Gasteiger partial charge in [-0.2, -0.15) is 10.2 Å². The lowest BCUT2D eigenvalue weighted by molar-refractivity contribution is -0.123. The number of carbonyl (C=O) groups excluding carboxylic acids is 1. The van der Waals surface area contributed by atoms with E-state index in [1.807, 2.05) is 48.5 Å². The second kappa shape index (κ2) is 6.66. The van der Waals surface area contributed by atoms with Crippen molar-refractivity contribution in [2.45, 2.75) is 12.5 Å². The quantitative estimate of drug-likeness (QED) is 0.509. The highest BCUT2D eigenvalue weighted by Gasteiger charge is 2.21. The van der Waals surface area contributed by atoms with Crippen molar-refractivity contribution in [1.29, 1.82) is 0 Å². The molecule has 0 radical (unpaired) electrons. The van der Waals surface area contributed by atoms with Gasteiger partial charge in [0.1, 0.15) is 6.33 Å². The number of aromatic nitrogens is 5. The molecule has 0 aliphatic carbocycles. The Morgan fingerprint density at radius 2 is 2.11 bits per heavy atom. The molecule has 1 unspecified atom stereocenters. The number of hydrogen-bond donors (Lipinski definition) is 3. The number of nitrogens with zero attached hydrogens (tertiary/aromatic N) is 3. The van der Waals surface area contributed by atoms with Crippen molar-refractivity contribution in [2.75, 3.05) is 5.32 Å². The van der Waals surface area contributed by atoms with Crippen molar-refractivity contribution in [2.24, 2.45) is 0 Å². The smallest absolute Gasteiger partial charge is 0.265 e. The van der Waals surface area contributed by atoms with Gasteiger partial charge < -0.3 is 10.1 Å². The van der Waals surface area contributed by atoms with Crippen molar-refractivity contribution in [1.82, 2.24) is 25.4 Å². The Balaban J connectivity index is 1.48. The Hall–Kier alpha value is -3.94. The number of anilines is 1. The molecule has 2 aromatic heterocycles. The van der Waals surface area contributed by atoms with Crippen LogP contribution in [0.2, 0.25) is 0 Å². The Kier molecular flexibility index (Phi) is 3.86. The molecular formula is C20H16N6O2. The molecule has 0 saturated heterocycles. The predicted molar refractivity (Wildman–Crippen MR) is 104 cm³/mol. The Labute approximate surface area is 159 Å². The molecule has 5 rings (SSSR count). The van der Waals surface area contributed by atoms with Gasteiger partial charge in [0.05, 0.1) is 17.5 Å². The largest absolute Gasteiger partial charge is 0.488 e. The summed E-state index contributed by atoms with van der Waals surface area (Å²) in [5.41, 5.74) is 4.22. The molecule has 1 amide bonds. The highest BCUT2D eigenvalue weighted by atomic mass is 16.5. The van der Waals surface area contributed by atoms with E-state index in [0.29, 0.717) is 17.9 Å². The lowest BCUT2D eigenvalue weighted by Crippen LogP contribution is -2.26. The minimum absolute atomic E-state index is 0.165. The highest BCUT2D eigenvalue weighted by Crippen LogP contribution is 2.30. The van der Waals surface area contributed by atoms with Crippen molar-refractivity contribution in [3.63, 3.8) is 0 Å². The monoisotopic (exact) mass is 372 g/mol. The van der Waals surface area contributed by atoms with Crippen LogP contribution in [0.25, 0.3) is 33.5 Å². The van der Waals surface area contributed by atoms with Gasteiger partial charge in [0.25, 0.3) is 5.91 Å². The number of carbonyl (C=O) groups is 1. The summed E-state index contributed by atoms with van der Waals surface area (Å²) in [4.78, 5) is 16.5. The second-order valence-electron chi connectivity index (χ2n) is 6.47. The van der Waals surface area contributed by atoms with E-state index in [1.54, 1.807) is 6.26 Å². The van der Waals surface area contributed by atoms with Crippen LogP contribution < -0.4 is 5.32 Å². The Bertz CT molecular complexity index is 1170. The molecule has 3 heterocycles. The van der Waals surface area contributed by atoms with Crippen molar-refractivity contribution < 1.29 is 9.53 Å². The summed E-state index contributed by atoms with van der Waals surface area (Å²) in [5.74, 6) is 0.530. The van der Waals surface area contributed by atoms with Crippen LogP contribution in [0, 0.1) is 0 Å². The summed E-state index contributed by atoms with van der Waals surface area (Å²) in [6.45, 7) is 0. The SMILES string of the molecule is O=C(Nc1cccc(-c2n[nH]c3ccc(-c4ncn[nH]4)cc23)c1)C1CC=CO1. The van der Waals surface area contributed by atoms with Gasteiger partial charge in [-0.3, -0.25) is 15.0 Å². The van der Waals surface area contributed by atoms with E-state index in [4.69, 9.17) is 4.74 Å². The first kappa shape index (κ1) is 16.2. The number of benzene rings is 2. The van der Waals surface area contributed by atoms with Crippen molar-refractivity contribution >= 4 is 22.5 Å². The average molecular weight is 372 g/mol. The molecule has 4 aromatic rings. The van der Waals surface area contributed by atoms with Gasteiger partial charge in [0.2, 0.25) is 0 Å². The first-order valence-electron chi connectivity index (χ1n) is 8.83. The van der Waals surface area contributed by atoms with Gasteiger partial charge in [-0.1, -0.05) is 12.1 Å². The van der Waals surface area contributed by atoms with E-state index < -0.39 is 6.10 Å². The molecule has 1 aliphatic rings. The summed E-state index contributed by atoms with van der Waals surface area (Å²) in [7, 11) is 0. The van der Waals surface area contributed by atoms with Crippen molar-refractivity contribution in [3.05, 3.63) is 61.1 Å². The van der Waals surface area contributed by atoms with Crippen LogP contribution in [-0.2, 0) is 9.53 Å².